The van der Waals surface area contributed by atoms with Gasteiger partial charge in [0.1, 0.15) is 0 Å². The molecule has 0 bridgehead atoms. The fraction of sp³-hybridized carbons (Fsp3) is 0.233. The SMILES string of the molecule is Cc1cn([C@H]2C[C@H]([Se]C#N)[C@@H](COC(c3ccccc3)(c3ccccc3)c3ccccc3)O2)c(=O)[nH]c1=O. The molecule has 4 aromatic rings. The summed E-state index contributed by atoms with van der Waals surface area (Å²) in [6, 6.07) is 30.2. The molecule has 0 saturated carbocycles. The molecule has 192 valence electrons. The van der Waals surface area contributed by atoms with Crippen LogP contribution >= 0.6 is 0 Å². The minimum atomic E-state index is -0.916. The van der Waals surface area contributed by atoms with Gasteiger partial charge in [-0.05, 0) is 0 Å². The molecule has 0 aliphatic carbocycles. The number of aromatic nitrogens is 2. The van der Waals surface area contributed by atoms with Gasteiger partial charge in [-0.3, -0.25) is 0 Å². The third-order valence-corrected chi connectivity index (χ3v) is 8.74. The van der Waals surface area contributed by atoms with Gasteiger partial charge in [0.25, 0.3) is 0 Å². The number of ether oxygens (including phenoxy) is 2. The summed E-state index contributed by atoms with van der Waals surface area (Å²) in [5, 5.41) is 9.56. The predicted molar refractivity (Wildman–Crippen MR) is 145 cm³/mol. The number of rotatable bonds is 8. The average molecular weight is 573 g/mol. The summed E-state index contributed by atoms with van der Waals surface area (Å²) in [5.74, 6) is 0. The molecule has 0 spiro atoms. The van der Waals surface area contributed by atoms with E-state index in [2.05, 4.69) is 46.3 Å². The van der Waals surface area contributed by atoms with E-state index in [4.69, 9.17) is 9.47 Å². The van der Waals surface area contributed by atoms with E-state index in [9.17, 15) is 14.9 Å². The van der Waals surface area contributed by atoms with E-state index in [0.29, 0.717) is 12.0 Å². The van der Waals surface area contributed by atoms with Crippen LogP contribution in [0.2, 0.25) is 4.82 Å². The standard InChI is InChI=1S/C30H27N3O4Se/c1-21-18-33(29(35)32-28(21)34)27-17-26(38-20-31)25(37-27)19-36-30(22-11-5-2-6-12-22,23-13-7-3-8-14-23)24-15-9-4-10-16-24/h2-16,18,25-27H,17,19H2,1H3,(H,32,34,35)/t25-,26+,27-/m1/s1. The van der Waals surface area contributed by atoms with Gasteiger partial charge in [-0.25, -0.2) is 0 Å². The van der Waals surface area contributed by atoms with Crippen LogP contribution in [0.15, 0.2) is 107 Å². The van der Waals surface area contributed by atoms with Gasteiger partial charge in [0.05, 0.1) is 0 Å². The number of hydrogen-bond acceptors (Lipinski definition) is 5. The summed E-state index contributed by atoms with van der Waals surface area (Å²) in [6.45, 7) is 1.86. The molecule has 1 N–H and O–H groups in total. The molecule has 3 atom stereocenters. The van der Waals surface area contributed by atoms with E-state index in [1.807, 2.05) is 54.6 Å². The maximum atomic E-state index is 12.6. The van der Waals surface area contributed by atoms with E-state index in [1.54, 1.807) is 6.92 Å². The maximum absolute atomic E-state index is 12.6. The summed E-state index contributed by atoms with van der Waals surface area (Å²) in [5.41, 5.74) is 1.49. The molecule has 1 fully saturated rings. The van der Waals surface area contributed by atoms with E-state index >= 15 is 0 Å². The number of nitriles is 1. The Morgan fingerprint density at radius 2 is 1.50 bits per heavy atom. The van der Waals surface area contributed by atoms with Crippen molar-refractivity contribution >= 4 is 15.0 Å². The summed E-state index contributed by atoms with van der Waals surface area (Å²) < 4.78 is 14.7. The van der Waals surface area contributed by atoms with Crippen molar-refractivity contribution in [3.05, 3.63) is 140 Å². The molecule has 0 radical (unpaired) electrons. The number of aryl methyl sites for hydroxylation is 1. The summed E-state index contributed by atoms with van der Waals surface area (Å²) >= 11 is -0.376. The van der Waals surface area contributed by atoms with Crippen molar-refractivity contribution in [1.29, 1.82) is 5.26 Å². The van der Waals surface area contributed by atoms with Crippen LogP contribution < -0.4 is 11.2 Å². The molecule has 2 heterocycles. The monoisotopic (exact) mass is 573 g/mol. The first-order chi connectivity index (χ1) is 18.5. The van der Waals surface area contributed by atoms with Gasteiger partial charge >= 0.3 is 227 Å². The Balaban J connectivity index is 1.53. The van der Waals surface area contributed by atoms with E-state index in [1.165, 1.54) is 10.8 Å². The van der Waals surface area contributed by atoms with Crippen molar-refractivity contribution in [2.45, 2.75) is 36.1 Å². The molecule has 1 aliphatic rings. The third kappa shape index (κ3) is 5.02. The molecule has 1 aromatic heterocycles. The first kappa shape index (κ1) is 25.9. The fourth-order valence-electron chi connectivity index (χ4n) is 4.99. The van der Waals surface area contributed by atoms with Gasteiger partial charge in [0.2, 0.25) is 0 Å². The Hall–Kier alpha value is -3.73. The van der Waals surface area contributed by atoms with Gasteiger partial charge in [-0.1, -0.05) is 0 Å². The Kier molecular flexibility index (Phi) is 7.73. The van der Waals surface area contributed by atoms with Crippen LogP contribution in [0.25, 0.3) is 0 Å². The quantitative estimate of drug-likeness (QED) is 0.253. The van der Waals surface area contributed by atoms with Crippen LogP contribution in [0, 0.1) is 17.2 Å². The Morgan fingerprint density at radius 1 is 0.974 bits per heavy atom. The normalized spacial score (nSPS) is 19.2. The summed E-state index contributed by atoms with van der Waals surface area (Å²) in [4.78, 5) is 29.0. The first-order valence-corrected chi connectivity index (χ1v) is 14.2. The number of nitrogens with zero attached hydrogens (tertiary/aromatic N) is 2. The molecule has 1 aliphatic heterocycles. The summed E-state index contributed by atoms with van der Waals surface area (Å²) in [6.07, 6.45) is 1.01. The van der Waals surface area contributed by atoms with Gasteiger partial charge in [0.15, 0.2) is 0 Å². The molecule has 7 nitrogen and oxygen atoms in total. The second kappa shape index (κ2) is 11.3. The fourth-order valence-corrected chi connectivity index (χ4v) is 6.44. The van der Waals surface area contributed by atoms with Gasteiger partial charge < -0.3 is 0 Å². The van der Waals surface area contributed by atoms with Gasteiger partial charge in [-0.15, -0.1) is 0 Å². The van der Waals surface area contributed by atoms with Gasteiger partial charge in [-0.2, -0.15) is 0 Å². The number of aromatic amines is 1. The molecule has 0 unspecified atom stereocenters. The van der Waals surface area contributed by atoms with Crippen LogP contribution in [0.3, 0.4) is 0 Å². The van der Waals surface area contributed by atoms with Crippen molar-refractivity contribution in [1.82, 2.24) is 9.55 Å². The molecule has 5 rings (SSSR count). The van der Waals surface area contributed by atoms with E-state index in [-0.39, 0.29) is 26.4 Å². The Labute approximate surface area is 226 Å². The average Bonchev–Trinajstić information content (AvgIpc) is 3.35. The van der Waals surface area contributed by atoms with E-state index in [0.717, 1.165) is 16.7 Å². The number of hydrogen-bond donors (Lipinski definition) is 1. The number of nitrogens with one attached hydrogen (secondary N) is 1. The van der Waals surface area contributed by atoms with Crippen LogP contribution in [-0.2, 0) is 15.1 Å². The molecule has 0 amide bonds. The Morgan fingerprint density at radius 3 is 2.00 bits per heavy atom. The molecule has 3 aromatic carbocycles. The second-order valence-electron chi connectivity index (χ2n) is 9.18. The Bertz CT molecular complexity index is 1430. The van der Waals surface area contributed by atoms with Crippen molar-refractivity contribution in [3.63, 3.8) is 0 Å². The van der Waals surface area contributed by atoms with Gasteiger partial charge in [0, 0.05) is 0 Å². The number of H-pyrrole nitrogens is 1. The zero-order valence-electron chi connectivity index (χ0n) is 20.8. The molecule has 1 saturated heterocycles. The van der Waals surface area contributed by atoms with Crippen molar-refractivity contribution in [2.75, 3.05) is 6.61 Å². The molecule has 8 heteroatoms. The van der Waals surface area contributed by atoms with Crippen molar-refractivity contribution in [3.8, 4) is 4.97 Å². The van der Waals surface area contributed by atoms with Crippen LogP contribution in [-0.4, -0.2) is 37.2 Å². The van der Waals surface area contributed by atoms with Crippen LogP contribution in [0.5, 0.6) is 0 Å². The second-order valence-corrected chi connectivity index (χ2v) is 11.3. The minimum absolute atomic E-state index is 0.0864. The van der Waals surface area contributed by atoms with Crippen LogP contribution in [0.1, 0.15) is 34.9 Å². The predicted octanol–water partition coefficient (Wildman–Crippen LogP) is 4.12. The molecular weight excluding hydrogens is 545 g/mol. The first-order valence-electron chi connectivity index (χ1n) is 12.4. The van der Waals surface area contributed by atoms with Crippen molar-refractivity contribution < 1.29 is 9.47 Å². The third-order valence-electron chi connectivity index (χ3n) is 6.85. The topological polar surface area (TPSA) is 97.1 Å². The molecular formula is C30H27N3O4Se. The van der Waals surface area contributed by atoms with E-state index < -0.39 is 29.2 Å². The number of benzene rings is 3. The zero-order valence-corrected chi connectivity index (χ0v) is 22.5. The van der Waals surface area contributed by atoms with Crippen LogP contribution in [0.4, 0.5) is 0 Å². The summed E-state index contributed by atoms with van der Waals surface area (Å²) in [7, 11) is 0. The molecule has 38 heavy (non-hydrogen) atoms. The zero-order chi connectivity index (χ0) is 26.5. The van der Waals surface area contributed by atoms with Crippen molar-refractivity contribution in [2.24, 2.45) is 0 Å².